The van der Waals surface area contributed by atoms with E-state index in [1.165, 1.54) is 25.3 Å². The summed E-state index contributed by atoms with van der Waals surface area (Å²) >= 11 is 5.76. The monoisotopic (exact) mass is 255 g/mol. The number of hydrogen-bond donors (Lipinski definition) is 1. The van der Waals surface area contributed by atoms with Crippen LogP contribution in [-0.2, 0) is 6.42 Å². The van der Waals surface area contributed by atoms with Crippen LogP contribution in [0.4, 0.5) is 4.39 Å². The van der Waals surface area contributed by atoms with Crippen molar-refractivity contribution in [1.82, 2.24) is 5.32 Å². The van der Waals surface area contributed by atoms with Crippen molar-refractivity contribution in [3.63, 3.8) is 0 Å². The number of benzene rings is 1. The summed E-state index contributed by atoms with van der Waals surface area (Å²) in [6.07, 6.45) is 5.68. The van der Waals surface area contributed by atoms with Gasteiger partial charge in [0.2, 0.25) is 0 Å². The van der Waals surface area contributed by atoms with Gasteiger partial charge in [-0.25, -0.2) is 4.39 Å². The van der Waals surface area contributed by atoms with E-state index < -0.39 is 0 Å². The summed E-state index contributed by atoms with van der Waals surface area (Å²) in [5.74, 6) is 0.431. The first-order valence-electron chi connectivity index (χ1n) is 6.30. The van der Waals surface area contributed by atoms with Crippen molar-refractivity contribution >= 4 is 11.6 Å². The quantitative estimate of drug-likeness (QED) is 0.866. The molecule has 0 saturated heterocycles. The molecule has 0 spiro atoms. The number of rotatable bonds is 3. The third-order valence-electron chi connectivity index (χ3n) is 3.71. The minimum atomic E-state index is -0.163. The fourth-order valence-electron chi connectivity index (χ4n) is 2.74. The Kier molecular flexibility index (Phi) is 4.41. The van der Waals surface area contributed by atoms with Crippen molar-refractivity contribution in [3.8, 4) is 0 Å². The highest BCUT2D eigenvalue weighted by atomic mass is 35.5. The number of halogens is 2. The second-order valence-electron chi connectivity index (χ2n) is 4.96. The molecule has 0 bridgehead atoms. The van der Waals surface area contributed by atoms with Gasteiger partial charge in [0.15, 0.2) is 0 Å². The Hall–Kier alpha value is -0.600. The first-order valence-corrected chi connectivity index (χ1v) is 6.68. The molecule has 17 heavy (non-hydrogen) atoms. The van der Waals surface area contributed by atoms with Gasteiger partial charge in [0, 0.05) is 11.1 Å². The van der Waals surface area contributed by atoms with E-state index in [2.05, 4.69) is 5.32 Å². The van der Waals surface area contributed by atoms with Crippen LogP contribution >= 0.6 is 11.6 Å². The van der Waals surface area contributed by atoms with E-state index in [1.807, 2.05) is 13.1 Å². The molecule has 1 aromatic rings. The zero-order valence-corrected chi connectivity index (χ0v) is 10.9. The summed E-state index contributed by atoms with van der Waals surface area (Å²) in [6, 6.07) is 5.61. The summed E-state index contributed by atoms with van der Waals surface area (Å²) in [5, 5.41) is 3.80. The fraction of sp³-hybridized carbons (Fsp3) is 0.571. The van der Waals surface area contributed by atoms with Gasteiger partial charge in [-0.15, -0.1) is 0 Å². The van der Waals surface area contributed by atoms with E-state index in [0.717, 1.165) is 18.4 Å². The smallest absolute Gasteiger partial charge is 0.127 e. The van der Waals surface area contributed by atoms with Crippen LogP contribution in [0.3, 0.4) is 0 Å². The van der Waals surface area contributed by atoms with Crippen LogP contribution in [0.2, 0.25) is 5.02 Å². The molecule has 1 aliphatic carbocycles. The minimum absolute atomic E-state index is 0.163. The molecule has 1 aliphatic rings. The Bertz CT molecular complexity index is 380. The van der Waals surface area contributed by atoms with Crippen molar-refractivity contribution < 1.29 is 4.39 Å². The maximum Gasteiger partial charge on any atom is 0.127 e. The molecule has 0 aliphatic heterocycles. The highest BCUT2D eigenvalue weighted by Gasteiger charge is 2.21. The Balaban J connectivity index is 2.00. The topological polar surface area (TPSA) is 12.0 Å². The van der Waals surface area contributed by atoms with E-state index in [4.69, 9.17) is 11.6 Å². The summed E-state index contributed by atoms with van der Waals surface area (Å²) in [4.78, 5) is 0. The maximum absolute atomic E-state index is 13.7. The van der Waals surface area contributed by atoms with E-state index in [1.54, 1.807) is 6.07 Å². The maximum atomic E-state index is 13.7. The van der Waals surface area contributed by atoms with E-state index >= 15 is 0 Å². The Morgan fingerprint density at radius 3 is 2.94 bits per heavy atom. The second-order valence-corrected chi connectivity index (χ2v) is 5.39. The zero-order chi connectivity index (χ0) is 12.3. The molecular weight excluding hydrogens is 237 g/mol. The van der Waals surface area contributed by atoms with Crippen LogP contribution in [0.25, 0.3) is 0 Å². The van der Waals surface area contributed by atoms with Gasteiger partial charge in [-0.3, -0.25) is 0 Å². The van der Waals surface area contributed by atoms with Gasteiger partial charge >= 0.3 is 0 Å². The van der Waals surface area contributed by atoms with Gasteiger partial charge in [0.25, 0.3) is 0 Å². The van der Waals surface area contributed by atoms with Gasteiger partial charge in [-0.2, -0.15) is 0 Å². The molecule has 0 amide bonds. The lowest BCUT2D eigenvalue weighted by atomic mass is 9.82. The first kappa shape index (κ1) is 12.8. The average Bonchev–Trinajstić information content (AvgIpc) is 2.33. The zero-order valence-electron chi connectivity index (χ0n) is 10.2. The molecule has 1 saturated carbocycles. The summed E-state index contributed by atoms with van der Waals surface area (Å²) in [5.41, 5.74) is 0.802. The van der Waals surface area contributed by atoms with Gasteiger partial charge in [-0.05, 0) is 49.9 Å². The average molecular weight is 256 g/mol. The van der Waals surface area contributed by atoms with Crippen LogP contribution in [-0.4, -0.2) is 13.1 Å². The molecule has 2 unspecified atom stereocenters. The lowest BCUT2D eigenvalue weighted by Gasteiger charge is -2.29. The Morgan fingerprint density at radius 1 is 1.41 bits per heavy atom. The number of hydrogen-bond acceptors (Lipinski definition) is 1. The molecule has 3 heteroatoms. The molecule has 2 rings (SSSR count). The SMILES string of the molecule is CNC1CCCC(Cc2ccc(Cl)cc2F)C1. The van der Waals surface area contributed by atoms with Crippen molar-refractivity contribution in [2.24, 2.45) is 5.92 Å². The molecule has 1 aromatic carbocycles. The summed E-state index contributed by atoms with van der Waals surface area (Å²) in [6.45, 7) is 0. The Labute approximate surface area is 107 Å². The highest BCUT2D eigenvalue weighted by molar-refractivity contribution is 6.30. The molecule has 0 heterocycles. The fourth-order valence-corrected chi connectivity index (χ4v) is 2.90. The summed E-state index contributed by atoms with van der Waals surface area (Å²) < 4.78 is 13.7. The largest absolute Gasteiger partial charge is 0.317 e. The van der Waals surface area contributed by atoms with Crippen molar-refractivity contribution in [3.05, 3.63) is 34.6 Å². The summed E-state index contributed by atoms with van der Waals surface area (Å²) in [7, 11) is 2.01. The van der Waals surface area contributed by atoms with Gasteiger partial charge < -0.3 is 5.32 Å². The Morgan fingerprint density at radius 2 is 2.24 bits per heavy atom. The first-order chi connectivity index (χ1) is 8.19. The lowest BCUT2D eigenvalue weighted by molar-refractivity contribution is 0.292. The molecule has 0 aromatic heterocycles. The van der Waals surface area contributed by atoms with Crippen LogP contribution in [0.15, 0.2) is 18.2 Å². The van der Waals surface area contributed by atoms with Crippen LogP contribution in [0.1, 0.15) is 31.2 Å². The highest BCUT2D eigenvalue weighted by Crippen LogP contribution is 2.28. The third kappa shape index (κ3) is 3.43. The molecule has 1 nitrogen and oxygen atoms in total. The van der Waals surface area contributed by atoms with Crippen molar-refractivity contribution in [2.45, 2.75) is 38.1 Å². The predicted molar refractivity (Wildman–Crippen MR) is 69.9 cm³/mol. The molecule has 94 valence electrons. The molecular formula is C14H19ClFN. The standard InChI is InChI=1S/C14H19ClFN/c1-17-13-4-2-3-10(8-13)7-11-5-6-12(15)9-14(11)16/h5-6,9-10,13,17H,2-4,7-8H2,1H3. The van der Waals surface area contributed by atoms with Gasteiger partial charge in [0.05, 0.1) is 0 Å². The van der Waals surface area contributed by atoms with Crippen molar-refractivity contribution in [1.29, 1.82) is 0 Å². The van der Waals surface area contributed by atoms with Crippen LogP contribution in [0.5, 0.6) is 0 Å². The third-order valence-corrected chi connectivity index (χ3v) is 3.95. The molecule has 0 radical (unpaired) electrons. The van der Waals surface area contributed by atoms with Gasteiger partial charge in [0.1, 0.15) is 5.82 Å². The number of nitrogens with one attached hydrogen (secondary N) is 1. The van der Waals surface area contributed by atoms with Gasteiger partial charge in [-0.1, -0.05) is 30.5 Å². The van der Waals surface area contributed by atoms with E-state index in [0.29, 0.717) is 17.0 Å². The molecule has 2 atom stereocenters. The minimum Gasteiger partial charge on any atom is -0.317 e. The normalized spacial score (nSPS) is 24.9. The second kappa shape index (κ2) is 5.83. The van der Waals surface area contributed by atoms with Crippen molar-refractivity contribution in [2.75, 3.05) is 7.05 Å². The lowest BCUT2D eigenvalue weighted by Crippen LogP contribution is -2.32. The molecule has 1 fully saturated rings. The predicted octanol–water partition coefficient (Wildman–Crippen LogP) is 3.80. The molecule has 1 N–H and O–H groups in total. The van der Waals surface area contributed by atoms with E-state index in [-0.39, 0.29) is 5.82 Å². The van der Waals surface area contributed by atoms with Crippen LogP contribution < -0.4 is 5.32 Å². The van der Waals surface area contributed by atoms with Crippen LogP contribution in [0, 0.1) is 11.7 Å². The van der Waals surface area contributed by atoms with E-state index in [9.17, 15) is 4.39 Å².